The number of nitrogen functional groups attached to an aromatic ring is 1. The predicted octanol–water partition coefficient (Wildman–Crippen LogP) is 2.64. The van der Waals surface area contributed by atoms with Crippen LogP contribution >= 0.6 is 0 Å². The summed E-state index contributed by atoms with van der Waals surface area (Å²) in [5, 5.41) is 13.1. The van der Waals surface area contributed by atoms with Gasteiger partial charge in [0.1, 0.15) is 5.84 Å². The van der Waals surface area contributed by atoms with Crippen molar-refractivity contribution in [2.45, 2.75) is 35.7 Å². The van der Waals surface area contributed by atoms with E-state index in [9.17, 15) is 21.6 Å². The number of hydrogen-bond acceptors (Lipinski definition) is 7. The molecule has 0 bridgehead atoms. The van der Waals surface area contributed by atoms with Crippen LogP contribution in [0.15, 0.2) is 82.6 Å². The third-order valence-corrected chi connectivity index (χ3v) is 9.38. The van der Waals surface area contributed by atoms with E-state index in [1.807, 2.05) is 0 Å². The lowest BCUT2D eigenvalue weighted by Gasteiger charge is -2.19. The normalized spacial score (nSPS) is 18.3. The van der Waals surface area contributed by atoms with Crippen LogP contribution in [0, 0.1) is 11.3 Å². The van der Waals surface area contributed by atoms with Gasteiger partial charge in [-0.3, -0.25) is 10.2 Å². The van der Waals surface area contributed by atoms with Gasteiger partial charge >= 0.3 is 5.97 Å². The van der Waals surface area contributed by atoms with Gasteiger partial charge in [-0.2, -0.15) is 4.31 Å². The molecule has 12 heteroatoms. The maximum atomic E-state index is 13.7. The Morgan fingerprint density at radius 1 is 0.974 bits per heavy atom. The van der Waals surface area contributed by atoms with E-state index in [2.05, 4.69) is 0 Å². The monoisotopic (exact) mass is 570 g/mol. The number of sulfonamides is 2. The molecule has 0 spiro atoms. The molecule has 1 fully saturated rings. The highest BCUT2D eigenvalue weighted by molar-refractivity contribution is 7.89. The molecule has 0 aliphatic carbocycles. The molecule has 206 valence electrons. The van der Waals surface area contributed by atoms with Gasteiger partial charge in [-0.05, 0) is 49.2 Å². The first-order chi connectivity index (χ1) is 18.3. The number of esters is 1. The van der Waals surface area contributed by atoms with Gasteiger partial charge in [0.05, 0.1) is 21.8 Å². The van der Waals surface area contributed by atoms with Crippen molar-refractivity contribution in [2.75, 3.05) is 13.1 Å². The molecular formula is C27H30N4O6S2. The number of nitrogens with one attached hydrogen (secondary N) is 1. The average molecular weight is 571 g/mol. The Balaban J connectivity index is 1.67. The summed E-state index contributed by atoms with van der Waals surface area (Å²) in [4.78, 5) is 12.9. The van der Waals surface area contributed by atoms with E-state index in [0.29, 0.717) is 22.3 Å². The summed E-state index contributed by atoms with van der Waals surface area (Å²) in [6.45, 7) is 3.39. The third-order valence-electron chi connectivity index (χ3n) is 6.56. The summed E-state index contributed by atoms with van der Waals surface area (Å²) in [5.41, 5.74) is 7.64. The fourth-order valence-corrected chi connectivity index (χ4v) is 6.96. The topological polar surface area (TPSA) is 174 Å². The minimum Gasteiger partial charge on any atom is -0.463 e. The minimum absolute atomic E-state index is 0.00606. The Labute approximate surface area is 228 Å². The van der Waals surface area contributed by atoms with E-state index in [0.717, 1.165) is 0 Å². The molecule has 1 aliphatic rings. The van der Waals surface area contributed by atoms with Crippen molar-refractivity contribution in [3.05, 3.63) is 83.9 Å². The highest BCUT2D eigenvalue weighted by Gasteiger charge is 2.44. The van der Waals surface area contributed by atoms with Gasteiger partial charge in [-0.1, -0.05) is 48.5 Å². The molecular weight excluding hydrogens is 540 g/mol. The van der Waals surface area contributed by atoms with E-state index in [1.165, 1.54) is 34.6 Å². The molecule has 0 aromatic heterocycles. The number of ether oxygens (including phenoxy) is 1. The molecule has 2 atom stereocenters. The van der Waals surface area contributed by atoms with Gasteiger partial charge in [0, 0.05) is 30.1 Å². The van der Waals surface area contributed by atoms with Gasteiger partial charge in [0.25, 0.3) is 0 Å². The highest BCUT2D eigenvalue weighted by atomic mass is 32.2. The van der Waals surface area contributed by atoms with E-state index >= 15 is 0 Å². The van der Waals surface area contributed by atoms with Crippen molar-refractivity contribution in [3.63, 3.8) is 0 Å². The summed E-state index contributed by atoms with van der Waals surface area (Å²) in [5.74, 6) is -1.91. The molecule has 0 radical (unpaired) electrons. The van der Waals surface area contributed by atoms with Crippen molar-refractivity contribution in [1.29, 1.82) is 5.41 Å². The molecule has 4 rings (SSSR count). The van der Waals surface area contributed by atoms with Crippen molar-refractivity contribution in [3.8, 4) is 11.1 Å². The third kappa shape index (κ3) is 6.04. The van der Waals surface area contributed by atoms with Gasteiger partial charge in [-0.15, -0.1) is 0 Å². The summed E-state index contributed by atoms with van der Waals surface area (Å²) in [7, 11) is -8.01. The number of benzene rings is 3. The molecule has 0 unspecified atom stereocenters. The maximum Gasteiger partial charge on any atom is 0.311 e. The molecule has 39 heavy (non-hydrogen) atoms. The Morgan fingerprint density at radius 2 is 1.64 bits per heavy atom. The molecule has 1 heterocycles. The lowest BCUT2D eigenvalue weighted by atomic mass is 9.88. The lowest BCUT2D eigenvalue weighted by molar-refractivity contribution is -0.152. The first-order valence-electron chi connectivity index (χ1n) is 12.2. The summed E-state index contributed by atoms with van der Waals surface area (Å²) in [6.07, 6.45) is -0.375. The van der Waals surface area contributed by atoms with Gasteiger partial charge in [-0.25, -0.2) is 22.0 Å². The quantitative estimate of drug-likeness (QED) is 0.212. The second-order valence-electron chi connectivity index (χ2n) is 9.63. The van der Waals surface area contributed by atoms with Crippen molar-refractivity contribution in [1.82, 2.24) is 4.31 Å². The van der Waals surface area contributed by atoms with E-state index in [4.69, 9.17) is 21.0 Å². The van der Waals surface area contributed by atoms with E-state index < -0.39 is 37.9 Å². The van der Waals surface area contributed by atoms with Gasteiger partial charge < -0.3 is 10.5 Å². The summed E-state index contributed by atoms with van der Waals surface area (Å²) < 4.78 is 58.0. The van der Waals surface area contributed by atoms with E-state index in [1.54, 1.807) is 56.3 Å². The Kier molecular flexibility index (Phi) is 7.94. The molecule has 5 N–H and O–H groups in total. The lowest BCUT2D eigenvalue weighted by Crippen LogP contribution is -2.31. The number of nitrogens with two attached hydrogens (primary N) is 2. The van der Waals surface area contributed by atoms with Gasteiger partial charge in [0.2, 0.25) is 20.0 Å². The van der Waals surface area contributed by atoms with Crippen molar-refractivity contribution >= 4 is 31.9 Å². The standard InChI is InChI=1S/C27H30N4O6S2/c1-17(2)37-27(32)24-16-31(15-23(24)19-6-5-7-20(14-19)26(28)29)39(35,36)21-12-10-18(11-13-21)22-8-3-4-9-25(22)38(30,33)34/h3-14,17,23-24H,15-16H2,1-2H3,(H3,28,29)(H2,30,33,34)/t23-,24+/m0/s1. The molecule has 10 nitrogen and oxygen atoms in total. The molecule has 3 aromatic rings. The Hall–Kier alpha value is -3.58. The van der Waals surface area contributed by atoms with E-state index in [-0.39, 0.29) is 34.8 Å². The van der Waals surface area contributed by atoms with Crippen LogP contribution in [0.5, 0.6) is 0 Å². The van der Waals surface area contributed by atoms with Crippen LogP contribution in [0.2, 0.25) is 0 Å². The van der Waals surface area contributed by atoms with Crippen molar-refractivity contribution < 1.29 is 26.4 Å². The number of carbonyl (C=O) groups is 1. The molecule has 0 saturated carbocycles. The Bertz CT molecular complexity index is 1620. The second-order valence-corrected chi connectivity index (χ2v) is 13.1. The summed E-state index contributed by atoms with van der Waals surface area (Å²) >= 11 is 0. The average Bonchev–Trinajstić information content (AvgIpc) is 3.35. The fourth-order valence-electron chi connectivity index (χ4n) is 4.71. The highest BCUT2D eigenvalue weighted by Crippen LogP contribution is 2.37. The predicted molar refractivity (Wildman–Crippen MR) is 147 cm³/mol. The van der Waals surface area contributed by atoms with Crippen LogP contribution in [0.4, 0.5) is 0 Å². The Morgan fingerprint density at radius 3 is 2.26 bits per heavy atom. The number of amidine groups is 1. The molecule has 3 aromatic carbocycles. The number of nitrogens with zero attached hydrogens (tertiary/aromatic N) is 1. The van der Waals surface area contributed by atoms with Gasteiger partial charge in [0.15, 0.2) is 0 Å². The molecule has 1 aliphatic heterocycles. The number of hydrogen-bond donors (Lipinski definition) is 3. The number of carbonyl (C=O) groups excluding carboxylic acids is 1. The fraction of sp³-hybridized carbons (Fsp3) is 0.259. The summed E-state index contributed by atoms with van der Waals surface area (Å²) in [6, 6.07) is 18.9. The zero-order valence-electron chi connectivity index (χ0n) is 21.4. The zero-order chi connectivity index (χ0) is 28.5. The van der Waals surface area contributed by atoms with Crippen LogP contribution < -0.4 is 10.9 Å². The molecule has 0 amide bonds. The maximum absolute atomic E-state index is 13.7. The smallest absolute Gasteiger partial charge is 0.311 e. The van der Waals surface area contributed by atoms with Crippen LogP contribution in [-0.4, -0.2) is 52.1 Å². The largest absolute Gasteiger partial charge is 0.463 e. The molecule has 1 saturated heterocycles. The SMILES string of the molecule is CC(C)OC(=O)[C@@H]1CN(S(=O)(=O)c2ccc(-c3ccccc3S(N)(=O)=O)cc2)C[C@H]1c1cccc(C(=N)N)c1. The van der Waals surface area contributed by atoms with Crippen molar-refractivity contribution in [2.24, 2.45) is 16.8 Å². The minimum atomic E-state index is -4.02. The number of rotatable bonds is 8. The first-order valence-corrected chi connectivity index (χ1v) is 15.1. The second kappa shape index (κ2) is 10.9. The first kappa shape index (κ1) is 28.4. The van der Waals surface area contributed by atoms with Crippen LogP contribution in [0.3, 0.4) is 0 Å². The van der Waals surface area contributed by atoms with Crippen LogP contribution in [0.25, 0.3) is 11.1 Å². The van der Waals surface area contributed by atoms with Crippen LogP contribution in [-0.2, 0) is 29.6 Å². The van der Waals surface area contributed by atoms with Crippen LogP contribution in [0.1, 0.15) is 30.9 Å². The zero-order valence-corrected chi connectivity index (χ0v) is 23.1. The number of primary sulfonamides is 1.